The van der Waals surface area contributed by atoms with Crippen LogP contribution < -0.4 is 18.9 Å². The third-order valence-corrected chi connectivity index (χ3v) is 8.75. The van der Waals surface area contributed by atoms with Crippen LogP contribution in [0.5, 0.6) is 23.0 Å². The molecule has 0 saturated carbocycles. The Morgan fingerprint density at radius 2 is 0.818 bits per heavy atom. The van der Waals surface area contributed by atoms with E-state index in [0.29, 0.717) is 18.6 Å². The summed E-state index contributed by atoms with van der Waals surface area (Å²) in [6, 6.07) is 32.3. The first-order valence-electron chi connectivity index (χ1n) is 18.5. The number of ether oxygens (including phenoxy) is 4. The predicted octanol–water partition coefficient (Wildman–Crippen LogP) is 9.31. The van der Waals surface area contributed by atoms with Gasteiger partial charge in [-0.05, 0) is 122 Å². The molecule has 0 bridgehead atoms. The van der Waals surface area contributed by atoms with Crippen molar-refractivity contribution in [1.29, 1.82) is 0 Å². The van der Waals surface area contributed by atoms with Gasteiger partial charge in [0.05, 0.1) is 16.7 Å². The maximum atomic E-state index is 13.0. The molecule has 0 spiro atoms. The van der Waals surface area contributed by atoms with Gasteiger partial charge < -0.3 is 18.9 Å². The molecule has 0 fully saturated rings. The van der Waals surface area contributed by atoms with Gasteiger partial charge in [0.15, 0.2) is 5.78 Å². The zero-order valence-corrected chi connectivity index (χ0v) is 31.3. The lowest BCUT2D eigenvalue weighted by Gasteiger charge is -2.11. The molecule has 0 aliphatic rings. The molecule has 5 aromatic carbocycles. The molecule has 0 unspecified atom stereocenters. The molecule has 0 saturated heterocycles. The second-order valence-electron chi connectivity index (χ2n) is 13.1. The van der Waals surface area contributed by atoms with Gasteiger partial charge in [0.2, 0.25) is 0 Å². The third-order valence-electron chi connectivity index (χ3n) is 8.75. The van der Waals surface area contributed by atoms with Crippen molar-refractivity contribution < 1.29 is 42.9 Å². The van der Waals surface area contributed by atoms with Gasteiger partial charge in [-0.3, -0.25) is 14.4 Å². The summed E-state index contributed by atoms with van der Waals surface area (Å²) in [4.78, 5) is 63.2. The Kier molecular flexibility index (Phi) is 14.2. The number of esters is 4. The van der Waals surface area contributed by atoms with Crippen LogP contribution in [0.25, 0.3) is 0 Å². The molecule has 0 heterocycles. The summed E-state index contributed by atoms with van der Waals surface area (Å²) in [6.07, 6.45) is 5.70. The molecule has 0 aliphatic carbocycles. The molecule has 9 heteroatoms. The number of rotatable bonds is 17. The van der Waals surface area contributed by atoms with E-state index in [2.05, 4.69) is 38.1 Å². The monoisotopic (exact) mass is 740 g/mol. The van der Waals surface area contributed by atoms with E-state index in [1.165, 1.54) is 84.8 Å². The highest BCUT2D eigenvalue weighted by Gasteiger charge is 2.18. The summed E-state index contributed by atoms with van der Waals surface area (Å²) in [5, 5.41) is 0. The van der Waals surface area contributed by atoms with Gasteiger partial charge in [-0.1, -0.05) is 75.2 Å². The second kappa shape index (κ2) is 19.6. The first-order chi connectivity index (χ1) is 26.6. The minimum atomic E-state index is -0.738. The summed E-state index contributed by atoms with van der Waals surface area (Å²) in [6.45, 7) is 5.56. The quantitative estimate of drug-likeness (QED) is 0.0521. The number of aryl methyl sites for hydroxylation is 4. The molecule has 282 valence electrons. The van der Waals surface area contributed by atoms with Crippen LogP contribution in [0, 0.1) is 0 Å². The molecular formula is C46H44O9. The van der Waals surface area contributed by atoms with Crippen LogP contribution in [0.15, 0.2) is 115 Å². The van der Waals surface area contributed by atoms with Crippen molar-refractivity contribution >= 4 is 29.7 Å². The molecule has 5 aromatic rings. The highest BCUT2D eigenvalue weighted by atomic mass is 16.5. The molecule has 0 radical (unpaired) electrons. The van der Waals surface area contributed by atoms with Crippen LogP contribution in [0.2, 0.25) is 0 Å². The van der Waals surface area contributed by atoms with E-state index in [4.69, 9.17) is 18.9 Å². The number of carbonyl (C=O) groups excluding carboxylic acids is 5. The summed E-state index contributed by atoms with van der Waals surface area (Å²) in [5.74, 6) is -2.02. The SMILES string of the molecule is CCCc1ccc(CCC(=O)Oc2ccc(C(=O)Oc3ccc(OC(=O)c4ccc(OC(=O)CCc5ccc(CCC)cc5)cc4)c(C(C)=O)c3)cc2)cc1. The van der Waals surface area contributed by atoms with E-state index < -0.39 is 29.7 Å². The van der Waals surface area contributed by atoms with Crippen LogP contribution in [0.4, 0.5) is 0 Å². The Labute approximate surface area is 321 Å². The number of hydrogen-bond acceptors (Lipinski definition) is 9. The van der Waals surface area contributed by atoms with Crippen LogP contribution in [-0.4, -0.2) is 29.7 Å². The molecule has 55 heavy (non-hydrogen) atoms. The van der Waals surface area contributed by atoms with Crippen molar-refractivity contribution in [3.63, 3.8) is 0 Å². The lowest BCUT2D eigenvalue weighted by molar-refractivity contribution is -0.135. The third kappa shape index (κ3) is 12.1. The largest absolute Gasteiger partial charge is 0.427 e. The minimum Gasteiger partial charge on any atom is -0.427 e. The van der Waals surface area contributed by atoms with Gasteiger partial charge >= 0.3 is 23.9 Å². The lowest BCUT2D eigenvalue weighted by Crippen LogP contribution is -2.13. The number of ketones is 1. The summed E-state index contributed by atoms with van der Waals surface area (Å²) in [7, 11) is 0. The second-order valence-corrected chi connectivity index (χ2v) is 13.1. The molecule has 5 rings (SSSR count). The maximum absolute atomic E-state index is 13.0. The van der Waals surface area contributed by atoms with Crippen LogP contribution in [0.3, 0.4) is 0 Å². The Morgan fingerprint density at radius 1 is 0.436 bits per heavy atom. The average Bonchev–Trinajstić information content (AvgIpc) is 3.18. The van der Waals surface area contributed by atoms with Crippen LogP contribution in [-0.2, 0) is 35.3 Å². The Morgan fingerprint density at radius 3 is 1.22 bits per heavy atom. The van der Waals surface area contributed by atoms with Gasteiger partial charge in [0, 0.05) is 12.8 Å². The standard InChI is InChI=1S/C46H44O9/c1-4-6-32-8-12-34(13-9-32)16-28-43(48)52-38-22-18-36(19-23-38)45(50)54-40-26-27-42(41(30-40)31(3)47)55-46(51)37-20-24-39(25-21-37)53-44(49)29-17-35-14-10-33(7-5-2)11-15-35/h8-15,18-27,30H,4-7,16-17,28-29H2,1-3H3. The van der Waals surface area contributed by atoms with Gasteiger partial charge in [-0.25, -0.2) is 9.59 Å². The summed E-state index contributed by atoms with van der Waals surface area (Å²) < 4.78 is 21.9. The first kappa shape index (κ1) is 39.8. The van der Waals surface area contributed by atoms with Crippen molar-refractivity contribution in [2.75, 3.05) is 0 Å². The highest BCUT2D eigenvalue weighted by molar-refractivity contribution is 6.00. The van der Waals surface area contributed by atoms with E-state index in [-0.39, 0.29) is 46.8 Å². The fourth-order valence-corrected chi connectivity index (χ4v) is 5.76. The van der Waals surface area contributed by atoms with Crippen molar-refractivity contribution in [2.24, 2.45) is 0 Å². The molecule has 0 aliphatic heterocycles. The molecule has 9 nitrogen and oxygen atoms in total. The Hall–Kier alpha value is -6.35. The summed E-state index contributed by atoms with van der Waals surface area (Å²) >= 11 is 0. The molecule has 0 atom stereocenters. The lowest BCUT2D eigenvalue weighted by atomic mass is 10.0. The maximum Gasteiger partial charge on any atom is 0.343 e. The van der Waals surface area contributed by atoms with Gasteiger partial charge in [0.25, 0.3) is 0 Å². The fraction of sp³-hybridized carbons (Fsp3) is 0.239. The number of hydrogen-bond donors (Lipinski definition) is 0. The fourth-order valence-electron chi connectivity index (χ4n) is 5.76. The Balaban J connectivity index is 1.10. The van der Waals surface area contributed by atoms with Crippen molar-refractivity contribution in [1.82, 2.24) is 0 Å². The van der Waals surface area contributed by atoms with E-state index in [9.17, 15) is 24.0 Å². The average molecular weight is 741 g/mol. The number of carbonyl (C=O) groups is 5. The van der Waals surface area contributed by atoms with E-state index in [1.807, 2.05) is 24.3 Å². The minimum absolute atomic E-state index is 0.0183. The molecule has 0 amide bonds. The highest BCUT2D eigenvalue weighted by Crippen LogP contribution is 2.27. The number of Topliss-reactive ketones (excluding diaryl/α,β-unsaturated/α-hetero) is 1. The van der Waals surface area contributed by atoms with Crippen molar-refractivity contribution in [3.8, 4) is 23.0 Å². The first-order valence-corrected chi connectivity index (χ1v) is 18.5. The number of benzene rings is 5. The van der Waals surface area contributed by atoms with Crippen molar-refractivity contribution in [2.45, 2.75) is 72.1 Å². The van der Waals surface area contributed by atoms with Crippen LogP contribution >= 0.6 is 0 Å². The summed E-state index contributed by atoms with van der Waals surface area (Å²) in [5.41, 5.74) is 5.02. The Bertz CT molecular complexity index is 2100. The molecule has 0 aromatic heterocycles. The van der Waals surface area contributed by atoms with Gasteiger partial charge in [-0.2, -0.15) is 0 Å². The molecular weight excluding hydrogens is 696 g/mol. The van der Waals surface area contributed by atoms with Gasteiger partial charge in [0.1, 0.15) is 23.0 Å². The van der Waals surface area contributed by atoms with E-state index >= 15 is 0 Å². The normalized spacial score (nSPS) is 10.7. The van der Waals surface area contributed by atoms with Crippen molar-refractivity contribution in [3.05, 3.63) is 154 Å². The van der Waals surface area contributed by atoms with E-state index in [0.717, 1.165) is 36.8 Å². The zero-order valence-electron chi connectivity index (χ0n) is 31.3. The van der Waals surface area contributed by atoms with Gasteiger partial charge in [-0.15, -0.1) is 0 Å². The topological polar surface area (TPSA) is 122 Å². The molecule has 0 N–H and O–H groups in total. The predicted molar refractivity (Wildman–Crippen MR) is 208 cm³/mol. The smallest absolute Gasteiger partial charge is 0.343 e. The van der Waals surface area contributed by atoms with Crippen LogP contribution in [0.1, 0.15) is 99.8 Å². The zero-order chi connectivity index (χ0) is 39.2. The van der Waals surface area contributed by atoms with E-state index in [1.54, 1.807) is 0 Å².